The average Bonchev–Trinajstić information content (AvgIpc) is 2.20. The molecule has 80 valence electrons. The Balaban J connectivity index is 2.19. The SMILES string of the molecule is CCCc1ccc(C2(C=O)COC2)cc1. The zero-order valence-corrected chi connectivity index (χ0v) is 9.03. The summed E-state index contributed by atoms with van der Waals surface area (Å²) in [6, 6.07) is 8.34. The van der Waals surface area contributed by atoms with Crippen LogP contribution in [0.4, 0.5) is 0 Å². The summed E-state index contributed by atoms with van der Waals surface area (Å²) in [5.41, 5.74) is 2.07. The van der Waals surface area contributed by atoms with E-state index in [0.717, 1.165) is 24.7 Å². The summed E-state index contributed by atoms with van der Waals surface area (Å²) < 4.78 is 5.13. The van der Waals surface area contributed by atoms with Gasteiger partial charge in [-0.3, -0.25) is 0 Å². The molecule has 0 radical (unpaired) electrons. The zero-order chi connectivity index (χ0) is 10.7. The molecule has 0 amide bonds. The highest BCUT2D eigenvalue weighted by atomic mass is 16.5. The minimum absolute atomic E-state index is 0.356. The van der Waals surface area contributed by atoms with Crippen LogP contribution in [0.1, 0.15) is 24.5 Å². The largest absolute Gasteiger partial charge is 0.379 e. The van der Waals surface area contributed by atoms with E-state index in [9.17, 15) is 4.79 Å². The van der Waals surface area contributed by atoms with Gasteiger partial charge in [-0.15, -0.1) is 0 Å². The van der Waals surface area contributed by atoms with Crippen molar-refractivity contribution in [3.05, 3.63) is 35.4 Å². The smallest absolute Gasteiger partial charge is 0.135 e. The van der Waals surface area contributed by atoms with Gasteiger partial charge in [-0.2, -0.15) is 0 Å². The van der Waals surface area contributed by atoms with Crippen LogP contribution in [0.5, 0.6) is 0 Å². The maximum atomic E-state index is 11.0. The Morgan fingerprint density at radius 2 is 2.00 bits per heavy atom. The molecular weight excluding hydrogens is 188 g/mol. The molecule has 0 N–H and O–H groups in total. The number of carbonyl (C=O) groups is 1. The minimum Gasteiger partial charge on any atom is -0.379 e. The van der Waals surface area contributed by atoms with Crippen molar-refractivity contribution in [3.63, 3.8) is 0 Å². The predicted molar refractivity (Wildman–Crippen MR) is 59.0 cm³/mol. The van der Waals surface area contributed by atoms with Crippen molar-refractivity contribution in [2.24, 2.45) is 0 Å². The molecule has 0 bridgehead atoms. The third kappa shape index (κ3) is 1.82. The maximum absolute atomic E-state index is 11.0. The summed E-state index contributed by atoms with van der Waals surface area (Å²) in [4.78, 5) is 11.0. The predicted octanol–water partition coefficient (Wildman–Crippen LogP) is 2.11. The Bertz CT molecular complexity index is 336. The summed E-state index contributed by atoms with van der Waals surface area (Å²) in [6.45, 7) is 3.23. The molecule has 2 rings (SSSR count). The molecule has 0 saturated carbocycles. The number of aryl methyl sites for hydroxylation is 1. The van der Waals surface area contributed by atoms with E-state index in [4.69, 9.17) is 4.74 Å². The maximum Gasteiger partial charge on any atom is 0.135 e. The number of aldehydes is 1. The van der Waals surface area contributed by atoms with Gasteiger partial charge in [0.2, 0.25) is 0 Å². The highest BCUT2D eigenvalue weighted by Gasteiger charge is 2.40. The topological polar surface area (TPSA) is 26.3 Å². The fourth-order valence-electron chi connectivity index (χ4n) is 1.92. The van der Waals surface area contributed by atoms with Crippen molar-refractivity contribution in [3.8, 4) is 0 Å². The fourth-order valence-corrected chi connectivity index (χ4v) is 1.92. The van der Waals surface area contributed by atoms with E-state index in [1.54, 1.807) is 0 Å². The quantitative estimate of drug-likeness (QED) is 0.702. The molecular formula is C13H16O2. The molecule has 1 aliphatic rings. The van der Waals surface area contributed by atoms with Crippen LogP contribution in [0.15, 0.2) is 24.3 Å². The van der Waals surface area contributed by atoms with Gasteiger partial charge in [0.15, 0.2) is 0 Å². The Morgan fingerprint density at radius 1 is 1.33 bits per heavy atom. The van der Waals surface area contributed by atoms with Crippen molar-refractivity contribution in [1.29, 1.82) is 0 Å². The second kappa shape index (κ2) is 4.15. The van der Waals surface area contributed by atoms with Gasteiger partial charge in [-0.05, 0) is 17.5 Å². The van der Waals surface area contributed by atoms with Gasteiger partial charge >= 0.3 is 0 Å². The van der Waals surface area contributed by atoms with E-state index in [2.05, 4.69) is 31.2 Å². The molecule has 1 aromatic rings. The third-order valence-electron chi connectivity index (χ3n) is 3.01. The molecule has 2 heteroatoms. The van der Waals surface area contributed by atoms with Crippen LogP contribution in [-0.4, -0.2) is 19.5 Å². The lowest BCUT2D eigenvalue weighted by molar-refractivity contribution is -0.129. The zero-order valence-electron chi connectivity index (χ0n) is 9.03. The molecule has 1 heterocycles. The van der Waals surface area contributed by atoms with Crippen molar-refractivity contribution >= 4 is 6.29 Å². The molecule has 0 spiro atoms. The monoisotopic (exact) mass is 204 g/mol. The van der Waals surface area contributed by atoms with Crippen LogP contribution in [0.3, 0.4) is 0 Å². The first-order chi connectivity index (χ1) is 7.30. The first-order valence-corrected chi connectivity index (χ1v) is 5.44. The van der Waals surface area contributed by atoms with E-state index in [0.29, 0.717) is 13.2 Å². The van der Waals surface area contributed by atoms with Crippen LogP contribution in [0, 0.1) is 0 Å². The third-order valence-corrected chi connectivity index (χ3v) is 3.01. The second-order valence-corrected chi connectivity index (χ2v) is 4.21. The van der Waals surface area contributed by atoms with Gasteiger partial charge in [0, 0.05) is 0 Å². The molecule has 0 aromatic heterocycles. The Kier molecular flexibility index (Phi) is 2.87. The summed E-state index contributed by atoms with van der Waals surface area (Å²) >= 11 is 0. The van der Waals surface area contributed by atoms with Gasteiger partial charge < -0.3 is 9.53 Å². The molecule has 1 fully saturated rings. The molecule has 1 saturated heterocycles. The van der Waals surface area contributed by atoms with Gasteiger partial charge in [0.25, 0.3) is 0 Å². The molecule has 0 unspecified atom stereocenters. The van der Waals surface area contributed by atoms with E-state index in [1.807, 2.05) is 0 Å². The highest BCUT2D eigenvalue weighted by Crippen LogP contribution is 2.30. The Hall–Kier alpha value is -1.15. The fraction of sp³-hybridized carbons (Fsp3) is 0.462. The van der Waals surface area contributed by atoms with Crippen LogP contribution >= 0.6 is 0 Å². The summed E-state index contributed by atoms with van der Waals surface area (Å²) in [7, 11) is 0. The molecule has 15 heavy (non-hydrogen) atoms. The van der Waals surface area contributed by atoms with E-state index >= 15 is 0 Å². The first kappa shape index (κ1) is 10.4. The van der Waals surface area contributed by atoms with Gasteiger partial charge in [-0.1, -0.05) is 37.6 Å². The number of benzene rings is 1. The Morgan fingerprint density at radius 3 is 2.40 bits per heavy atom. The van der Waals surface area contributed by atoms with Crippen LogP contribution in [-0.2, 0) is 21.4 Å². The van der Waals surface area contributed by atoms with E-state index < -0.39 is 0 Å². The second-order valence-electron chi connectivity index (χ2n) is 4.21. The standard InChI is InChI=1S/C13H16O2/c1-2-3-11-4-6-12(7-5-11)13(8-14)9-15-10-13/h4-8H,2-3,9-10H2,1H3. The van der Waals surface area contributed by atoms with Crippen LogP contribution in [0.25, 0.3) is 0 Å². The van der Waals surface area contributed by atoms with E-state index in [1.165, 1.54) is 5.56 Å². The lowest BCUT2D eigenvalue weighted by Gasteiger charge is -2.36. The van der Waals surface area contributed by atoms with Gasteiger partial charge in [-0.25, -0.2) is 0 Å². The Labute approximate surface area is 90.3 Å². The van der Waals surface area contributed by atoms with Crippen molar-refractivity contribution in [2.45, 2.75) is 25.2 Å². The lowest BCUT2D eigenvalue weighted by atomic mass is 9.80. The van der Waals surface area contributed by atoms with Gasteiger partial charge in [0.1, 0.15) is 6.29 Å². The normalized spacial score (nSPS) is 18.2. The minimum atomic E-state index is -0.356. The van der Waals surface area contributed by atoms with E-state index in [-0.39, 0.29) is 5.41 Å². The summed E-state index contributed by atoms with van der Waals surface area (Å²) in [5.74, 6) is 0. The number of ether oxygens (including phenoxy) is 1. The van der Waals surface area contributed by atoms with Crippen molar-refractivity contribution in [2.75, 3.05) is 13.2 Å². The summed E-state index contributed by atoms with van der Waals surface area (Å²) in [6.07, 6.45) is 3.28. The molecule has 1 aliphatic heterocycles. The molecule has 0 atom stereocenters. The molecule has 0 aliphatic carbocycles. The van der Waals surface area contributed by atoms with Crippen molar-refractivity contribution < 1.29 is 9.53 Å². The number of rotatable bonds is 4. The number of hydrogen-bond acceptors (Lipinski definition) is 2. The van der Waals surface area contributed by atoms with Crippen LogP contribution in [0.2, 0.25) is 0 Å². The van der Waals surface area contributed by atoms with Crippen molar-refractivity contribution in [1.82, 2.24) is 0 Å². The van der Waals surface area contributed by atoms with Gasteiger partial charge in [0.05, 0.1) is 18.6 Å². The lowest BCUT2D eigenvalue weighted by Crippen LogP contribution is -2.48. The van der Waals surface area contributed by atoms with Crippen LogP contribution < -0.4 is 0 Å². The number of hydrogen-bond donors (Lipinski definition) is 0. The first-order valence-electron chi connectivity index (χ1n) is 5.44. The molecule has 2 nitrogen and oxygen atoms in total. The number of carbonyl (C=O) groups excluding carboxylic acids is 1. The molecule has 1 aromatic carbocycles. The summed E-state index contributed by atoms with van der Waals surface area (Å²) in [5, 5.41) is 0. The average molecular weight is 204 g/mol. The highest BCUT2D eigenvalue weighted by molar-refractivity contribution is 5.70.